The van der Waals surface area contributed by atoms with E-state index in [1.165, 1.54) is 19.3 Å². The van der Waals surface area contributed by atoms with E-state index < -0.39 is 0 Å². The van der Waals surface area contributed by atoms with E-state index in [9.17, 15) is 0 Å². The van der Waals surface area contributed by atoms with Crippen LogP contribution in [0.25, 0.3) is 0 Å². The van der Waals surface area contributed by atoms with Crippen molar-refractivity contribution in [2.45, 2.75) is 79.3 Å². The maximum absolute atomic E-state index is 3.80. The summed E-state index contributed by atoms with van der Waals surface area (Å²) in [5.74, 6) is 0.751. The van der Waals surface area contributed by atoms with Crippen molar-refractivity contribution in [1.82, 2.24) is 10.2 Å². The summed E-state index contributed by atoms with van der Waals surface area (Å²) in [6, 6.07) is 0.599. The fraction of sp³-hybridized carbons (Fsp3) is 1.00. The van der Waals surface area contributed by atoms with Gasteiger partial charge in [-0.05, 0) is 51.7 Å². The largest absolute Gasteiger partial charge is 0.312 e. The molecule has 2 atom stereocenters. The van der Waals surface area contributed by atoms with Gasteiger partial charge in [-0.1, -0.05) is 41.5 Å². The first-order chi connectivity index (χ1) is 8.46. The van der Waals surface area contributed by atoms with Gasteiger partial charge >= 0.3 is 0 Å². The summed E-state index contributed by atoms with van der Waals surface area (Å²) >= 11 is 0. The van der Waals surface area contributed by atoms with E-state index in [4.69, 9.17) is 0 Å². The van der Waals surface area contributed by atoms with Crippen LogP contribution in [0.2, 0.25) is 0 Å². The lowest BCUT2D eigenvalue weighted by molar-refractivity contribution is 0.0618. The molecule has 110 valence electrons. The maximum atomic E-state index is 3.80. The quantitative estimate of drug-likeness (QED) is 0.637. The van der Waals surface area contributed by atoms with Gasteiger partial charge in [-0.15, -0.1) is 0 Å². The van der Waals surface area contributed by atoms with Crippen LogP contribution in [0, 0.1) is 5.92 Å². The molecular formula is C16H36N2. The predicted octanol–water partition coefficient (Wildman–Crippen LogP) is 3.91. The van der Waals surface area contributed by atoms with Gasteiger partial charge in [-0.2, -0.15) is 0 Å². The van der Waals surface area contributed by atoms with Gasteiger partial charge in [0.25, 0.3) is 0 Å². The molecule has 0 spiro atoms. The van der Waals surface area contributed by atoms with Crippen LogP contribution in [0.1, 0.15) is 67.7 Å². The van der Waals surface area contributed by atoms with E-state index >= 15 is 0 Å². The molecule has 0 saturated heterocycles. The second kappa shape index (κ2) is 8.92. The van der Waals surface area contributed by atoms with Crippen LogP contribution in [0.3, 0.4) is 0 Å². The van der Waals surface area contributed by atoms with Crippen molar-refractivity contribution >= 4 is 0 Å². The summed E-state index contributed by atoms with van der Waals surface area (Å²) in [5, 5.41) is 3.80. The minimum absolute atomic E-state index is 0.281. The van der Waals surface area contributed by atoms with E-state index in [-0.39, 0.29) is 5.54 Å². The SMILES string of the molecule is CCCNC(CC(C)C)C(C)(CC)N(CC)CC. The monoisotopic (exact) mass is 256 g/mol. The fourth-order valence-corrected chi connectivity index (χ4v) is 2.98. The van der Waals surface area contributed by atoms with Crippen molar-refractivity contribution in [2.24, 2.45) is 5.92 Å². The molecule has 0 radical (unpaired) electrons. The molecule has 0 aromatic carbocycles. The number of hydrogen-bond acceptors (Lipinski definition) is 2. The van der Waals surface area contributed by atoms with Gasteiger partial charge in [0.05, 0.1) is 0 Å². The van der Waals surface area contributed by atoms with Crippen LogP contribution in [0.5, 0.6) is 0 Å². The summed E-state index contributed by atoms with van der Waals surface area (Å²) in [5.41, 5.74) is 0.281. The molecule has 0 aromatic heterocycles. The van der Waals surface area contributed by atoms with E-state index in [1.54, 1.807) is 0 Å². The molecule has 0 aliphatic carbocycles. The molecule has 0 rings (SSSR count). The van der Waals surface area contributed by atoms with E-state index in [1.807, 2.05) is 0 Å². The zero-order valence-corrected chi connectivity index (χ0v) is 13.8. The van der Waals surface area contributed by atoms with Crippen molar-refractivity contribution in [2.75, 3.05) is 19.6 Å². The molecule has 0 bridgehead atoms. The van der Waals surface area contributed by atoms with Gasteiger partial charge in [0.15, 0.2) is 0 Å². The lowest BCUT2D eigenvalue weighted by atomic mass is 9.82. The van der Waals surface area contributed by atoms with E-state index in [0.717, 1.165) is 25.6 Å². The summed E-state index contributed by atoms with van der Waals surface area (Å²) in [6.45, 7) is 19.7. The molecule has 18 heavy (non-hydrogen) atoms. The molecule has 0 aromatic rings. The first kappa shape index (κ1) is 17.9. The van der Waals surface area contributed by atoms with Crippen LogP contribution in [0.15, 0.2) is 0 Å². The minimum Gasteiger partial charge on any atom is -0.312 e. The smallest absolute Gasteiger partial charge is 0.0331 e. The maximum Gasteiger partial charge on any atom is 0.0331 e. The topological polar surface area (TPSA) is 15.3 Å². The zero-order valence-electron chi connectivity index (χ0n) is 13.8. The molecule has 2 heteroatoms. The highest BCUT2D eigenvalue weighted by molar-refractivity contribution is 4.96. The van der Waals surface area contributed by atoms with Gasteiger partial charge in [-0.25, -0.2) is 0 Å². The standard InChI is InChI=1S/C16H36N2/c1-8-12-17-15(13-14(5)6)16(7,9-2)18(10-3)11-4/h14-15,17H,8-13H2,1-7H3. The van der Waals surface area contributed by atoms with Gasteiger partial charge in [0.2, 0.25) is 0 Å². The molecule has 0 heterocycles. The Bertz CT molecular complexity index is 199. The summed E-state index contributed by atoms with van der Waals surface area (Å²) < 4.78 is 0. The molecule has 0 amide bonds. The molecule has 2 nitrogen and oxygen atoms in total. The predicted molar refractivity (Wildman–Crippen MR) is 83.2 cm³/mol. The number of hydrogen-bond donors (Lipinski definition) is 1. The highest BCUT2D eigenvalue weighted by Gasteiger charge is 2.36. The van der Waals surface area contributed by atoms with Crippen LogP contribution in [-0.4, -0.2) is 36.1 Å². The van der Waals surface area contributed by atoms with Gasteiger partial charge < -0.3 is 5.32 Å². The Morgan fingerprint density at radius 1 is 1.06 bits per heavy atom. The Morgan fingerprint density at radius 3 is 1.94 bits per heavy atom. The zero-order chi connectivity index (χ0) is 14.2. The van der Waals surface area contributed by atoms with E-state index in [0.29, 0.717) is 6.04 Å². The number of nitrogens with zero attached hydrogens (tertiary/aromatic N) is 1. The second-order valence-electron chi connectivity index (χ2n) is 6.02. The van der Waals surface area contributed by atoms with Crippen molar-refractivity contribution < 1.29 is 0 Å². The lowest BCUT2D eigenvalue weighted by Crippen LogP contribution is -2.59. The third-order valence-corrected chi connectivity index (χ3v) is 4.30. The van der Waals surface area contributed by atoms with Gasteiger partial charge in [0, 0.05) is 11.6 Å². The van der Waals surface area contributed by atoms with Crippen LogP contribution >= 0.6 is 0 Å². The van der Waals surface area contributed by atoms with Crippen molar-refractivity contribution in [1.29, 1.82) is 0 Å². The molecule has 0 fully saturated rings. The average molecular weight is 256 g/mol. The van der Waals surface area contributed by atoms with Crippen LogP contribution < -0.4 is 5.32 Å². The third-order valence-electron chi connectivity index (χ3n) is 4.30. The van der Waals surface area contributed by atoms with E-state index in [2.05, 4.69) is 58.7 Å². The van der Waals surface area contributed by atoms with Crippen molar-refractivity contribution in [3.8, 4) is 0 Å². The highest BCUT2D eigenvalue weighted by atomic mass is 15.2. The molecule has 2 unspecified atom stereocenters. The minimum atomic E-state index is 0.281. The number of likely N-dealkylation sites (N-methyl/N-ethyl adjacent to an activating group) is 1. The Balaban J connectivity index is 4.96. The van der Waals surface area contributed by atoms with Crippen LogP contribution in [-0.2, 0) is 0 Å². The van der Waals surface area contributed by atoms with Gasteiger partial charge in [0.1, 0.15) is 0 Å². The average Bonchev–Trinajstić information content (AvgIpc) is 2.35. The Hall–Kier alpha value is -0.0800. The normalized spacial score (nSPS) is 17.2. The molecule has 0 aliphatic rings. The Kier molecular flexibility index (Phi) is 8.89. The summed E-state index contributed by atoms with van der Waals surface area (Å²) in [4.78, 5) is 2.63. The van der Waals surface area contributed by atoms with Gasteiger partial charge in [-0.3, -0.25) is 4.90 Å². The van der Waals surface area contributed by atoms with Crippen LogP contribution in [0.4, 0.5) is 0 Å². The Morgan fingerprint density at radius 2 is 1.61 bits per heavy atom. The summed E-state index contributed by atoms with van der Waals surface area (Å²) in [7, 11) is 0. The van der Waals surface area contributed by atoms with Crippen molar-refractivity contribution in [3.05, 3.63) is 0 Å². The first-order valence-corrected chi connectivity index (χ1v) is 7.94. The fourth-order valence-electron chi connectivity index (χ4n) is 2.98. The summed E-state index contributed by atoms with van der Waals surface area (Å²) in [6.07, 6.45) is 3.69. The molecular weight excluding hydrogens is 220 g/mol. The first-order valence-electron chi connectivity index (χ1n) is 7.94. The molecule has 0 saturated carbocycles. The second-order valence-corrected chi connectivity index (χ2v) is 6.02. The van der Waals surface area contributed by atoms with Crippen molar-refractivity contribution in [3.63, 3.8) is 0 Å². The third kappa shape index (κ3) is 4.89. The molecule has 1 N–H and O–H groups in total. The Labute approximate surface area is 116 Å². The number of nitrogens with one attached hydrogen (secondary N) is 1. The molecule has 0 aliphatic heterocycles. The number of rotatable bonds is 10. The highest BCUT2D eigenvalue weighted by Crippen LogP contribution is 2.27. The lowest BCUT2D eigenvalue weighted by Gasteiger charge is -2.47.